The predicted octanol–water partition coefficient (Wildman–Crippen LogP) is 1.53. The molecule has 3 rings (SSSR count). The maximum atomic E-state index is 12.2. The van der Waals surface area contributed by atoms with Gasteiger partial charge in [-0.05, 0) is 17.7 Å². The quantitative estimate of drug-likeness (QED) is 0.781. The lowest BCUT2D eigenvalue weighted by Gasteiger charge is -2.11. The largest absolute Gasteiger partial charge is 0.386 e. The van der Waals surface area contributed by atoms with Crippen LogP contribution in [0.2, 0.25) is 0 Å². The minimum Gasteiger partial charge on any atom is -0.386 e. The van der Waals surface area contributed by atoms with E-state index in [0.29, 0.717) is 10.9 Å². The highest BCUT2D eigenvalue weighted by molar-refractivity contribution is 5.76. The Kier molecular flexibility index (Phi) is 3.26. The van der Waals surface area contributed by atoms with Gasteiger partial charge in [0.1, 0.15) is 5.52 Å². The van der Waals surface area contributed by atoms with Crippen LogP contribution >= 0.6 is 0 Å². The van der Waals surface area contributed by atoms with E-state index in [1.54, 1.807) is 24.3 Å². The second kappa shape index (κ2) is 5.22. The van der Waals surface area contributed by atoms with Crippen molar-refractivity contribution in [3.8, 4) is 0 Å². The number of rotatable bonds is 3. The molecule has 1 aromatic heterocycles. The molecule has 0 amide bonds. The molecule has 0 saturated heterocycles. The first kappa shape index (κ1) is 12.5. The third kappa shape index (κ3) is 2.31. The first-order valence-electron chi connectivity index (χ1n) is 6.31. The molecule has 0 spiro atoms. The highest BCUT2D eigenvalue weighted by Crippen LogP contribution is 2.13. The molecule has 3 aromatic rings. The van der Waals surface area contributed by atoms with Crippen LogP contribution in [0.15, 0.2) is 59.4 Å². The Bertz CT molecular complexity index is 784. The van der Waals surface area contributed by atoms with Crippen molar-refractivity contribution in [2.45, 2.75) is 12.6 Å². The highest BCUT2D eigenvalue weighted by atomic mass is 16.3. The summed E-state index contributed by atoms with van der Waals surface area (Å²) < 4.78 is 1.19. The van der Waals surface area contributed by atoms with Gasteiger partial charge < -0.3 is 5.11 Å². The topological polar surface area (TPSA) is 68.0 Å². The molecule has 0 saturated carbocycles. The van der Waals surface area contributed by atoms with E-state index in [4.69, 9.17) is 0 Å². The van der Waals surface area contributed by atoms with E-state index >= 15 is 0 Å². The van der Waals surface area contributed by atoms with Gasteiger partial charge in [-0.3, -0.25) is 4.79 Å². The molecule has 0 radical (unpaired) electrons. The van der Waals surface area contributed by atoms with Gasteiger partial charge >= 0.3 is 0 Å². The Morgan fingerprint density at radius 2 is 1.75 bits per heavy atom. The zero-order valence-corrected chi connectivity index (χ0v) is 10.7. The first-order valence-corrected chi connectivity index (χ1v) is 6.31. The fourth-order valence-corrected chi connectivity index (χ4v) is 2.09. The summed E-state index contributed by atoms with van der Waals surface area (Å²) in [6.45, 7) is 0.0840. The van der Waals surface area contributed by atoms with Crippen LogP contribution < -0.4 is 5.56 Å². The number of nitrogens with zero attached hydrogens (tertiary/aromatic N) is 3. The molecule has 5 heteroatoms. The number of benzene rings is 2. The van der Waals surface area contributed by atoms with E-state index in [0.717, 1.165) is 5.56 Å². The zero-order chi connectivity index (χ0) is 13.9. The van der Waals surface area contributed by atoms with Gasteiger partial charge in [-0.15, -0.1) is 5.10 Å². The summed E-state index contributed by atoms with van der Waals surface area (Å²) in [4.78, 5) is 12.2. The van der Waals surface area contributed by atoms with Crippen molar-refractivity contribution >= 4 is 10.9 Å². The molecule has 0 bridgehead atoms. The van der Waals surface area contributed by atoms with Gasteiger partial charge in [-0.2, -0.15) is 0 Å². The Morgan fingerprint density at radius 1 is 1.05 bits per heavy atom. The number of aromatic nitrogens is 3. The van der Waals surface area contributed by atoms with Crippen molar-refractivity contribution in [1.29, 1.82) is 0 Å². The van der Waals surface area contributed by atoms with Crippen LogP contribution in [0.4, 0.5) is 0 Å². The van der Waals surface area contributed by atoms with Crippen LogP contribution in [0, 0.1) is 0 Å². The van der Waals surface area contributed by atoms with Gasteiger partial charge in [0.15, 0.2) is 0 Å². The monoisotopic (exact) mass is 267 g/mol. The average molecular weight is 267 g/mol. The summed E-state index contributed by atoms with van der Waals surface area (Å²) in [5.74, 6) is 0. The summed E-state index contributed by atoms with van der Waals surface area (Å²) in [6, 6.07) is 16.2. The molecule has 2 aromatic carbocycles. The van der Waals surface area contributed by atoms with Crippen molar-refractivity contribution in [3.05, 3.63) is 70.5 Å². The summed E-state index contributed by atoms with van der Waals surface area (Å²) in [5, 5.41) is 18.5. The first-order chi connectivity index (χ1) is 9.75. The maximum Gasteiger partial charge on any atom is 0.277 e. The van der Waals surface area contributed by atoms with Crippen LogP contribution in [0.1, 0.15) is 11.7 Å². The van der Waals surface area contributed by atoms with E-state index in [-0.39, 0.29) is 12.1 Å². The average Bonchev–Trinajstić information content (AvgIpc) is 2.51. The number of hydrogen-bond acceptors (Lipinski definition) is 4. The fourth-order valence-electron chi connectivity index (χ4n) is 2.09. The van der Waals surface area contributed by atoms with Crippen molar-refractivity contribution in [2.24, 2.45) is 0 Å². The predicted molar refractivity (Wildman–Crippen MR) is 75.2 cm³/mol. The van der Waals surface area contributed by atoms with E-state index in [1.165, 1.54) is 4.68 Å². The normalized spacial score (nSPS) is 12.4. The summed E-state index contributed by atoms with van der Waals surface area (Å²) >= 11 is 0. The number of aliphatic hydroxyl groups is 1. The molecule has 5 nitrogen and oxygen atoms in total. The lowest BCUT2D eigenvalue weighted by atomic mass is 10.1. The molecule has 1 unspecified atom stereocenters. The SMILES string of the molecule is O=c1c2ccccc2nnn1CC(O)c1ccccc1. The Hall–Kier alpha value is -2.53. The zero-order valence-electron chi connectivity index (χ0n) is 10.7. The molecule has 1 N–H and O–H groups in total. The van der Waals surface area contributed by atoms with E-state index in [2.05, 4.69) is 10.3 Å². The number of hydrogen-bond donors (Lipinski definition) is 1. The molecule has 0 fully saturated rings. The minimum atomic E-state index is -0.788. The standard InChI is InChI=1S/C15H13N3O2/c19-14(11-6-2-1-3-7-11)10-18-15(20)12-8-4-5-9-13(12)16-17-18/h1-9,14,19H,10H2. The second-order valence-electron chi connectivity index (χ2n) is 4.52. The molecule has 0 aliphatic carbocycles. The van der Waals surface area contributed by atoms with E-state index < -0.39 is 6.10 Å². The van der Waals surface area contributed by atoms with Gasteiger partial charge in [0.25, 0.3) is 5.56 Å². The maximum absolute atomic E-state index is 12.2. The molecular formula is C15H13N3O2. The third-order valence-corrected chi connectivity index (χ3v) is 3.16. The molecule has 0 aliphatic rings. The van der Waals surface area contributed by atoms with Crippen molar-refractivity contribution < 1.29 is 5.11 Å². The van der Waals surface area contributed by atoms with Crippen LogP contribution in [0.25, 0.3) is 10.9 Å². The van der Waals surface area contributed by atoms with Crippen molar-refractivity contribution in [2.75, 3.05) is 0 Å². The Labute approximate surface area is 115 Å². The van der Waals surface area contributed by atoms with Gasteiger partial charge in [-0.1, -0.05) is 47.7 Å². The van der Waals surface area contributed by atoms with E-state index in [9.17, 15) is 9.90 Å². The van der Waals surface area contributed by atoms with Crippen LogP contribution in [0.5, 0.6) is 0 Å². The lowest BCUT2D eigenvalue weighted by molar-refractivity contribution is 0.148. The van der Waals surface area contributed by atoms with Crippen LogP contribution in [0.3, 0.4) is 0 Å². The van der Waals surface area contributed by atoms with Gasteiger partial charge in [0.2, 0.25) is 0 Å². The minimum absolute atomic E-state index is 0.0840. The van der Waals surface area contributed by atoms with Crippen molar-refractivity contribution in [3.63, 3.8) is 0 Å². The van der Waals surface area contributed by atoms with Crippen LogP contribution in [-0.4, -0.2) is 20.1 Å². The Balaban J connectivity index is 1.96. The van der Waals surface area contributed by atoms with Crippen LogP contribution in [-0.2, 0) is 6.54 Å². The lowest BCUT2D eigenvalue weighted by Crippen LogP contribution is -2.27. The molecular weight excluding hydrogens is 254 g/mol. The highest BCUT2D eigenvalue weighted by Gasteiger charge is 2.11. The van der Waals surface area contributed by atoms with Gasteiger partial charge in [-0.25, -0.2) is 4.68 Å². The molecule has 100 valence electrons. The molecule has 1 atom stereocenters. The summed E-state index contributed by atoms with van der Waals surface area (Å²) in [6.07, 6.45) is -0.788. The van der Waals surface area contributed by atoms with Crippen molar-refractivity contribution in [1.82, 2.24) is 15.0 Å². The summed E-state index contributed by atoms with van der Waals surface area (Å²) in [7, 11) is 0. The second-order valence-corrected chi connectivity index (χ2v) is 4.52. The molecule has 0 aliphatic heterocycles. The number of aliphatic hydroxyl groups excluding tert-OH is 1. The smallest absolute Gasteiger partial charge is 0.277 e. The fraction of sp³-hybridized carbons (Fsp3) is 0.133. The Morgan fingerprint density at radius 3 is 2.55 bits per heavy atom. The number of fused-ring (bicyclic) bond motifs is 1. The van der Waals surface area contributed by atoms with Gasteiger partial charge in [0.05, 0.1) is 18.0 Å². The molecule has 1 heterocycles. The summed E-state index contributed by atoms with van der Waals surface area (Å²) in [5.41, 5.74) is 1.06. The van der Waals surface area contributed by atoms with Gasteiger partial charge in [0, 0.05) is 0 Å². The molecule has 20 heavy (non-hydrogen) atoms. The van der Waals surface area contributed by atoms with E-state index in [1.807, 2.05) is 30.3 Å². The third-order valence-electron chi connectivity index (χ3n) is 3.16.